The van der Waals surface area contributed by atoms with E-state index in [1.54, 1.807) is 0 Å². The van der Waals surface area contributed by atoms with Gasteiger partial charge in [0.15, 0.2) is 0 Å². The van der Waals surface area contributed by atoms with Gasteiger partial charge in [0.05, 0.1) is 22.1 Å². The quantitative estimate of drug-likeness (QED) is 0.178. The molecule has 50 heavy (non-hydrogen) atoms. The van der Waals surface area contributed by atoms with Gasteiger partial charge >= 0.3 is 0 Å². The van der Waals surface area contributed by atoms with Crippen molar-refractivity contribution in [2.24, 2.45) is 0 Å². The van der Waals surface area contributed by atoms with Crippen molar-refractivity contribution < 1.29 is 0 Å². The minimum absolute atomic E-state index is 1.16. The fourth-order valence-corrected chi connectivity index (χ4v) is 7.91. The van der Waals surface area contributed by atoms with Gasteiger partial charge in [-0.05, 0) is 88.0 Å². The van der Waals surface area contributed by atoms with Crippen molar-refractivity contribution in [3.05, 3.63) is 194 Å². The molecule has 10 aromatic rings. The molecule has 2 nitrogen and oxygen atoms in total. The lowest BCUT2D eigenvalue weighted by atomic mass is 9.90. The predicted molar refractivity (Wildman–Crippen MR) is 211 cm³/mol. The number of rotatable bonds is 5. The molecule has 0 N–H and O–H groups in total. The van der Waals surface area contributed by atoms with Crippen LogP contribution in [-0.2, 0) is 0 Å². The molecule has 0 atom stereocenters. The van der Waals surface area contributed by atoms with Gasteiger partial charge in [-0.25, -0.2) is 0 Å². The number of hydrogen-bond acceptors (Lipinski definition) is 0. The Balaban J connectivity index is 1.27. The van der Waals surface area contributed by atoms with E-state index < -0.39 is 0 Å². The second-order valence-corrected chi connectivity index (χ2v) is 12.9. The maximum atomic E-state index is 2.41. The van der Waals surface area contributed by atoms with E-state index in [2.05, 4.69) is 203 Å². The Morgan fingerprint density at radius 3 is 1.52 bits per heavy atom. The van der Waals surface area contributed by atoms with Gasteiger partial charge in [0.2, 0.25) is 0 Å². The molecule has 0 aliphatic carbocycles. The minimum atomic E-state index is 1.16. The Labute approximate surface area is 290 Å². The van der Waals surface area contributed by atoms with Crippen LogP contribution in [0, 0.1) is 0 Å². The van der Waals surface area contributed by atoms with Crippen LogP contribution in [0.1, 0.15) is 0 Å². The zero-order valence-electron chi connectivity index (χ0n) is 27.4. The molecule has 8 aromatic carbocycles. The van der Waals surface area contributed by atoms with Gasteiger partial charge in [-0.15, -0.1) is 0 Å². The molecule has 0 saturated carbocycles. The van der Waals surface area contributed by atoms with Crippen LogP contribution < -0.4 is 0 Å². The second-order valence-electron chi connectivity index (χ2n) is 12.9. The van der Waals surface area contributed by atoms with E-state index in [-0.39, 0.29) is 0 Å². The highest BCUT2D eigenvalue weighted by atomic mass is 15.0. The van der Waals surface area contributed by atoms with Crippen molar-refractivity contribution in [2.75, 3.05) is 0 Å². The molecule has 0 aliphatic rings. The molecule has 0 bridgehead atoms. The van der Waals surface area contributed by atoms with E-state index in [9.17, 15) is 0 Å². The van der Waals surface area contributed by atoms with Crippen molar-refractivity contribution in [2.45, 2.75) is 0 Å². The summed E-state index contributed by atoms with van der Waals surface area (Å²) in [5, 5.41) is 5.01. The highest BCUT2D eigenvalue weighted by Gasteiger charge is 2.21. The van der Waals surface area contributed by atoms with Gasteiger partial charge in [0, 0.05) is 32.9 Å². The molecular formula is C48H32N2. The normalized spacial score (nSPS) is 11.6. The molecule has 2 heteroatoms. The number of hydrogen-bond donors (Lipinski definition) is 0. The zero-order chi connectivity index (χ0) is 33.0. The van der Waals surface area contributed by atoms with Gasteiger partial charge in [-0.1, -0.05) is 140 Å². The maximum Gasteiger partial charge on any atom is 0.0547 e. The van der Waals surface area contributed by atoms with E-state index in [0.29, 0.717) is 0 Å². The first-order chi connectivity index (χ1) is 24.8. The van der Waals surface area contributed by atoms with Crippen LogP contribution in [0.4, 0.5) is 0 Å². The molecule has 0 amide bonds. The van der Waals surface area contributed by atoms with Crippen molar-refractivity contribution >= 4 is 43.6 Å². The molecule has 0 aliphatic heterocycles. The Kier molecular flexibility index (Phi) is 6.53. The summed E-state index contributed by atoms with van der Waals surface area (Å²) < 4.78 is 4.82. The molecule has 0 fully saturated rings. The van der Waals surface area contributed by atoms with Crippen LogP contribution in [0.2, 0.25) is 0 Å². The van der Waals surface area contributed by atoms with E-state index in [1.807, 2.05) is 0 Å². The fraction of sp³-hybridized carbons (Fsp3) is 0. The van der Waals surface area contributed by atoms with Crippen molar-refractivity contribution in [1.82, 2.24) is 9.13 Å². The average Bonchev–Trinajstić information content (AvgIpc) is 3.71. The van der Waals surface area contributed by atoms with Gasteiger partial charge in [0.25, 0.3) is 0 Å². The molecule has 0 saturated heterocycles. The van der Waals surface area contributed by atoms with Crippen LogP contribution in [0.15, 0.2) is 194 Å². The third-order valence-corrected chi connectivity index (χ3v) is 10.1. The van der Waals surface area contributed by atoms with Crippen LogP contribution in [0.25, 0.3) is 88.4 Å². The van der Waals surface area contributed by atoms with Gasteiger partial charge in [-0.2, -0.15) is 0 Å². The van der Waals surface area contributed by atoms with Crippen LogP contribution in [-0.4, -0.2) is 9.13 Å². The highest BCUT2D eigenvalue weighted by Crippen LogP contribution is 2.45. The summed E-state index contributed by atoms with van der Waals surface area (Å²) in [4.78, 5) is 0. The van der Waals surface area contributed by atoms with Gasteiger partial charge in [-0.3, -0.25) is 0 Å². The monoisotopic (exact) mass is 636 g/mol. The zero-order valence-corrected chi connectivity index (χ0v) is 27.4. The van der Waals surface area contributed by atoms with Crippen LogP contribution in [0.5, 0.6) is 0 Å². The summed E-state index contributed by atoms with van der Waals surface area (Å²) >= 11 is 0. The molecule has 234 valence electrons. The minimum Gasteiger partial charge on any atom is -0.309 e. The van der Waals surface area contributed by atoms with Crippen LogP contribution in [0.3, 0.4) is 0 Å². The smallest absolute Gasteiger partial charge is 0.0547 e. The van der Waals surface area contributed by atoms with Crippen molar-refractivity contribution in [3.8, 4) is 44.8 Å². The van der Waals surface area contributed by atoms with E-state index in [1.165, 1.54) is 77.0 Å². The number of nitrogens with zero attached hydrogens (tertiary/aromatic N) is 2. The highest BCUT2D eigenvalue weighted by molar-refractivity contribution is 6.19. The average molecular weight is 637 g/mol. The summed E-state index contributed by atoms with van der Waals surface area (Å²) in [7, 11) is 0. The molecule has 0 unspecified atom stereocenters. The number of para-hydroxylation sites is 3. The standard InChI is InChI=1S/C48H32N2/c1-5-15-33(16-6-1)35-25-27-40-42-31-36(26-29-44(42)50(46(40)32-35)38-21-11-4-12-22-38)39-28-30-45-48(47(39)34-17-7-2-8-18-34)41-23-13-14-24-43(41)49(45)37-19-9-3-10-20-37/h1-32H. The number of fused-ring (bicyclic) bond motifs is 6. The summed E-state index contributed by atoms with van der Waals surface area (Å²) in [5.74, 6) is 0. The molecule has 10 rings (SSSR count). The first-order valence-corrected chi connectivity index (χ1v) is 17.2. The fourth-order valence-electron chi connectivity index (χ4n) is 7.91. The molecular weight excluding hydrogens is 605 g/mol. The lowest BCUT2D eigenvalue weighted by Gasteiger charge is -2.15. The summed E-state index contributed by atoms with van der Waals surface area (Å²) in [6.07, 6.45) is 0. The molecule has 2 heterocycles. The Bertz CT molecular complexity index is 2830. The maximum absolute atomic E-state index is 2.41. The summed E-state index contributed by atoms with van der Waals surface area (Å²) in [5.41, 5.74) is 14.5. The largest absolute Gasteiger partial charge is 0.309 e. The lowest BCUT2D eigenvalue weighted by molar-refractivity contribution is 1.18. The molecule has 0 spiro atoms. The summed E-state index contributed by atoms with van der Waals surface area (Å²) in [6, 6.07) is 70.4. The van der Waals surface area contributed by atoms with E-state index in [0.717, 1.165) is 11.4 Å². The summed E-state index contributed by atoms with van der Waals surface area (Å²) in [6.45, 7) is 0. The lowest BCUT2D eigenvalue weighted by Crippen LogP contribution is -1.94. The second kappa shape index (κ2) is 11.5. The first-order valence-electron chi connectivity index (χ1n) is 17.2. The van der Waals surface area contributed by atoms with Gasteiger partial charge < -0.3 is 9.13 Å². The third kappa shape index (κ3) is 4.43. The van der Waals surface area contributed by atoms with Gasteiger partial charge in [0.1, 0.15) is 0 Å². The van der Waals surface area contributed by atoms with Crippen LogP contribution >= 0.6 is 0 Å². The predicted octanol–water partition coefficient (Wildman–Crippen LogP) is 12.9. The molecule has 2 aromatic heterocycles. The Morgan fingerprint density at radius 2 is 0.820 bits per heavy atom. The van der Waals surface area contributed by atoms with E-state index >= 15 is 0 Å². The Morgan fingerprint density at radius 1 is 0.280 bits per heavy atom. The SMILES string of the molecule is c1ccc(-c2ccc3c4cc(-c5ccc6c(c5-c5ccccc5)c5ccccc5n6-c5ccccc5)ccc4n(-c4ccccc4)c3c2)cc1. The molecule has 0 radical (unpaired) electrons. The third-order valence-electron chi connectivity index (χ3n) is 10.1. The number of aromatic nitrogens is 2. The van der Waals surface area contributed by atoms with Crippen molar-refractivity contribution in [3.63, 3.8) is 0 Å². The first kappa shape index (κ1) is 28.4. The topological polar surface area (TPSA) is 9.86 Å². The van der Waals surface area contributed by atoms with Crippen molar-refractivity contribution in [1.29, 1.82) is 0 Å². The Hall–Kier alpha value is -6.64. The van der Waals surface area contributed by atoms with E-state index in [4.69, 9.17) is 0 Å². The number of benzene rings is 8.